The summed E-state index contributed by atoms with van der Waals surface area (Å²) >= 11 is 19.0. The van der Waals surface area contributed by atoms with Gasteiger partial charge in [-0.15, -0.1) is 0 Å². The highest BCUT2D eigenvalue weighted by Crippen LogP contribution is 2.59. The first-order chi connectivity index (χ1) is 16.7. The molecule has 6 rings (SSSR count). The third kappa shape index (κ3) is 3.05. The highest BCUT2D eigenvalue weighted by Gasteiger charge is 2.60. The molecule has 1 aliphatic carbocycles. The molecule has 0 radical (unpaired) electrons. The maximum atomic E-state index is 13.2. The zero-order valence-corrected chi connectivity index (χ0v) is 20.4. The van der Waals surface area contributed by atoms with Crippen LogP contribution in [0, 0.1) is 5.92 Å². The summed E-state index contributed by atoms with van der Waals surface area (Å²) in [7, 11) is 0. The van der Waals surface area contributed by atoms with Crippen LogP contribution in [0.15, 0.2) is 72.0 Å². The van der Waals surface area contributed by atoms with Gasteiger partial charge in [0.15, 0.2) is 5.60 Å². The molecule has 0 aromatic heterocycles. The molecule has 176 valence electrons. The fourth-order valence-corrected chi connectivity index (χ4v) is 5.81. The van der Waals surface area contributed by atoms with Gasteiger partial charge in [0.1, 0.15) is 23.4 Å². The van der Waals surface area contributed by atoms with Crippen molar-refractivity contribution in [3.05, 3.63) is 109 Å². The molecule has 3 unspecified atom stereocenters. The number of benzene rings is 3. The number of aromatic hydroxyl groups is 1. The quantitative estimate of drug-likeness (QED) is 0.331. The van der Waals surface area contributed by atoms with Crippen LogP contribution in [0.3, 0.4) is 0 Å². The molecular formula is C27H17Cl3O5. The summed E-state index contributed by atoms with van der Waals surface area (Å²) < 4.78 is 12.6. The molecule has 1 spiro atoms. The first kappa shape index (κ1) is 22.4. The Morgan fingerprint density at radius 3 is 2.34 bits per heavy atom. The fraction of sp³-hybridized carbons (Fsp3) is 0.148. The van der Waals surface area contributed by atoms with Gasteiger partial charge in [-0.3, -0.25) is 0 Å². The van der Waals surface area contributed by atoms with Gasteiger partial charge in [-0.05, 0) is 36.3 Å². The average molecular weight is 528 g/mol. The van der Waals surface area contributed by atoms with Gasteiger partial charge in [-0.1, -0.05) is 71.2 Å². The Morgan fingerprint density at radius 2 is 1.60 bits per heavy atom. The number of esters is 1. The van der Waals surface area contributed by atoms with Crippen LogP contribution < -0.4 is 4.74 Å². The first-order valence-corrected chi connectivity index (χ1v) is 12.0. The number of phenols is 1. The second-order valence-electron chi connectivity index (χ2n) is 8.78. The number of allylic oxidation sites excluding steroid dienone is 1. The molecule has 3 aromatic rings. The van der Waals surface area contributed by atoms with E-state index in [0.29, 0.717) is 22.3 Å². The molecule has 0 fully saturated rings. The van der Waals surface area contributed by atoms with Gasteiger partial charge >= 0.3 is 5.97 Å². The highest BCUT2D eigenvalue weighted by molar-refractivity contribution is 6.42. The van der Waals surface area contributed by atoms with Crippen LogP contribution in [0.5, 0.6) is 11.5 Å². The van der Waals surface area contributed by atoms with E-state index in [0.717, 1.165) is 5.56 Å². The first-order valence-electron chi connectivity index (χ1n) is 10.8. The molecule has 3 aliphatic rings. The van der Waals surface area contributed by atoms with Crippen molar-refractivity contribution in [1.29, 1.82) is 0 Å². The molecule has 8 heteroatoms. The van der Waals surface area contributed by atoms with E-state index in [1.807, 2.05) is 36.4 Å². The topological polar surface area (TPSA) is 76.0 Å². The summed E-state index contributed by atoms with van der Waals surface area (Å²) in [5.41, 5.74) is 1.76. The van der Waals surface area contributed by atoms with Gasteiger partial charge in [0.2, 0.25) is 0 Å². The van der Waals surface area contributed by atoms with E-state index in [-0.39, 0.29) is 37.9 Å². The van der Waals surface area contributed by atoms with Crippen molar-refractivity contribution in [2.75, 3.05) is 0 Å². The molecular weight excluding hydrogens is 511 g/mol. The largest absolute Gasteiger partial charge is 0.507 e. The summed E-state index contributed by atoms with van der Waals surface area (Å²) in [6, 6.07) is 15.4. The standard InChI is InChI=1S/C27H17Cl3O5/c1-12-7-17-25(23(24(12)32)13-5-3-2-4-6-13)34-22-11-21(31)20(30)10-16(22)27(17)15-9-19(29)18(28)8-14(15)26(33)35-27/h2-11,17,25,31-32H,1H3. The van der Waals surface area contributed by atoms with Gasteiger partial charge in [-0.2, -0.15) is 0 Å². The Kier molecular flexibility index (Phi) is 4.91. The van der Waals surface area contributed by atoms with Gasteiger partial charge < -0.3 is 19.7 Å². The lowest BCUT2D eigenvalue weighted by molar-refractivity contribution is -0.0405. The Labute approximate surface area is 215 Å². The number of rotatable bonds is 1. The number of phenolic OH excluding ortho intramolecular Hbond substituents is 1. The Bertz CT molecular complexity index is 1490. The maximum Gasteiger partial charge on any atom is 0.339 e. The summed E-state index contributed by atoms with van der Waals surface area (Å²) in [5.74, 6) is -0.999. The lowest BCUT2D eigenvalue weighted by Gasteiger charge is -2.47. The SMILES string of the molecule is CC1=CC2C(Oc3cc(O)c(Cl)cc3C23OC(=O)c2cc(Cl)c(Cl)cc23)C(c2ccccc2)=C1O. The normalized spacial score (nSPS) is 24.3. The average Bonchev–Trinajstić information content (AvgIpc) is 3.10. The van der Waals surface area contributed by atoms with Crippen LogP contribution in [-0.2, 0) is 10.3 Å². The van der Waals surface area contributed by atoms with E-state index >= 15 is 0 Å². The highest BCUT2D eigenvalue weighted by atomic mass is 35.5. The minimum absolute atomic E-state index is 0.0768. The number of aliphatic hydroxyl groups excluding tert-OH is 1. The third-order valence-corrected chi connectivity index (χ3v) is 7.89. The summed E-state index contributed by atoms with van der Waals surface area (Å²) in [6.07, 6.45) is 1.07. The molecule has 3 aromatic carbocycles. The molecule has 0 bridgehead atoms. The molecule has 0 saturated carbocycles. The van der Waals surface area contributed by atoms with Crippen molar-refractivity contribution in [2.45, 2.75) is 18.6 Å². The van der Waals surface area contributed by atoms with E-state index in [2.05, 4.69) is 0 Å². The number of aliphatic hydroxyl groups is 1. The van der Waals surface area contributed by atoms with Crippen LogP contribution >= 0.6 is 34.8 Å². The molecule has 5 nitrogen and oxygen atoms in total. The number of hydrogen-bond donors (Lipinski definition) is 2. The van der Waals surface area contributed by atoms with Crippen molar-refractivity contribution in [1.82, 2.24) is 0 Å². The molecule has 2 heterocycles. The molecule has 2 aliphatic heterocycles. The second kappa shape index (κ2) is 7.69. The maximum absolute atomic E-state index is 13.2. The molecule has 0 saturated heterocycles. The minimum atomic E-state index is -1.39. The minimum Gasteiger partial charge on any atom is -0.507 e. The van der Waals surface area contributed by atoms with Crippen LogP contribution in [0.4, 0.5) is 0 Å². The van der Waals surface area contributed by atoms with E-state index in [4.69, 9.17) is 44.3 Å². The van der Waals surface area contributed by atoms with Crippen molar-refractivity contribution < 1.29 is 24.5 Å². The lowest BCUT2D eigenvalue weighted by atomic mass is 9.67. The number of hydrogen-bond acceptors (Lipinski definition) is 5. The van der Waals surface area contributed by atoms with Crippen molar-refractivity contribution >= 4 is 46.3 Å². The van der Waals surface area contributed by atoms with Gasteiger partial charge in [0, 0.05) is 22.8 Å². The van der Waals surface area contributed by atoms with Gasteiger partial charge in [0.05, 0.1) is 26.5 Å². The summed E-state index contributed by atoms with van der Waals surface area (Å²) in [4.78, 5) is 13.2. The number of carbonyl (C=O) groups is 1. The number of ether oxygens (including phenoxy) is 2. The van der Waals surface area contributed by atoms with Gasteiger partial charge in [0.25, 0.3) is 0 Å². The van der Waals surface area contributed by atoms with Gasteiger partial charge in [-0.25, -0.2) is 4.79 Å². The summed E-state index contributed by atoms with van der Waals surface area (Å²) in [5, 5.41) is 22.1. The number of halogens is 3. The van der Waals surface area contributed by atoms with Crippen LogP contribution in [0.1, 0.15) is 34.0 Å². The van der Waals surface area contributed by atoms with Crippen LogP contribution in [0.2, 0.25) is 15.1 Å². The van der Waals surface area contributed by atoms with E-state index in [1.54, 1.807) is 13.0 Å². The zero-order chi connectivity index (χ0) is 24.6. The van der Waals surface area contributed by atoms with Crippen molar-refractivity contribution in [2.24, 2.45) is 5.92 Å². The van der Waals surface area contributed by atoms with E-state index < -0.39 is 23.6 Å². The fourth-order valence-electron chi connectivity index (χ4n) is 5.32. The monoisotopic (exact) mass is 526 g/mol. The summed E-state index contributed by atoms with van der Waals surface area (Å²) in [6.45, 7) is 1.79. The molecule has 35 heavy (non-hydrogen) atoms. The number of carbonyl (C=O) groups excluding carboxylic acids is 1. The van der Waals surface area contributed by atoms with Crippen LogP contribution in [0.25, 0.3) is 5.57 Å². The third-order valence-electron chi connectivity index (χ3n) is 6.86. The lowest BCUT2D eigenvalue weighted by Crippen LogP contribution is -2.50. The zero-order valence-electron chi connectivity index (χ0n) is 18.2. The smallest absolute Gasteiger partial charge is 0.339 e. The molecule has 2 N–H and O–H groups in total. The van der Waals surface area contributed by atoms with Crippen molar-refractivity contribution in [3.8, 4) is 11.5 Å². The van der Waals surface area contributed by atoms with Crippen LogP contribution in [-0.4, -0.2) is 22.3 Å². The van der Waals surface area contributed by atoms with E-state index in [9.17, 15) is 15.0 Å². The van der Waals surface area contributed by atoms with Crippen molar-refractivity contribution in [3.63, 3.8) is 0 Å². The Morgan fingerprint density at radius 1 is 0.914 bits per heavy atom. The second-order valence-corrected chi connectivity index (χ2v) is 10.0. The predicted octanol–water partition coefficient (Wildman–Crippen LogP) is 7.07. The number of fused-ring (bicyclic) bond motifs is 6. The van der Waals surface area contributed by atoms with E-state index in [1.165, 1.54) is 18.2 Å². The molecule has 0 amide bonds. The Balaban J connectivity index is 1.70. The molecule has 3 atom stereocenters. The predicted molar refractivity (Wildman–Crippen MR) is 133 cm³/mol. The Hall–Kier alpha value is -3.12.